The molecule has 0 saturated heterocycles. The van der Waals surface area contributed by atoms with Gasteiger partial charge in [0.15, 0.2) is 5.82 Å². The molecule has 1 aromatic heterocycles. The van der Waals surface area contributed by atoms with Crippen molar-refractivity contribution in [1.82, 2.24) is 15.5 Å². The first-order valence-electron chi connectivity index (χ1n) is 9.49. The van der Waals surface area contributed by atoms with E-state index in [2.05, 4.69) is 34.8 Å². The molecule has 0 bridgehead atoms. The SMILES string of the molecule is COCCc1ccccc1OCC(O)CNC(C)(C)CSc1ccc(NN)nn1. The van der Waals surface area contributed by atoms with Crippen molar-refractivity contribution in [3.63, 3.8) is 0 Å². The lowest BCUT2D eigenvalue weighted by Crippen LogP contribution is -2.46. The first-order valence-corrected chi connectivity index (χ1v) is 10.5. The molecule has 0 aliphatic carbocycles. The van der Waals surface area contributed by atoms with Gasteiger partial charge in [0.2, 0.25) is 0 Å². The van der Waals surface area contributed by atoms with Gasteiger partial charge in [-0.15, -0.1) is 22.0 Å². The van der Waals surface area contributed by atoms with E-state index in [4.69, 9.17) is 15.3 Å². The summed E-state index contributed by atoms with van der Waals surface area (Å²) >= 11 is 1.59. The molecule has 1 aromatic carbocycles. The number of hydrogen-bond acceptors (Lipinski definition) is 9. The van der Waals surface area contributed by atoms with Crippen LogP contribution in [0.15, 0.2) is 41.4 Å². The Kier molecular flexibility index (Phi) is 9.62. The molecule has 0 amide bonds. The molecular weight excluding hydrogens is 390 g/mol. The Morgan fingerprint density at radius 3 is 2.69 bits per heavy atom. The fourth-order valence-electron chi connectivity index (χ4n) is 2.48. The maximum atomic E-state index is 10.3. The molecule has 0 saturated carbocycles. The monoisotopic (exact) mass is 421 g/mol. The lowest BCUT2D eigenvalue weighted by Gasteiger charge is -2.27. The molecule has 1 heterocycles. The van der Waals surface area contributed by atoms with Crippen molar-refractivity contribution >= 4 is 17.6 Å². The highest BCUT2D eigenvalue weighted by molar-refractivity contribution is 7.99. The van der Waals surface area contributed by atoms with Crippen LogP contribution in [0.2, 0.25) is 0 Å². The second-order valence-corrected chi connectivity index (χ2v) is 8.27. The third-order valence-electron chi connectivity index (χ3n) is 4.16. The number of thioether (sulfide) groups is 1. The van der Waals surface area contributed by atoms with Gasteiger partial charge in [-0.05, 0) is 44.0 Å². The standard InChI is InChI=1S/C20H31N5O3S/c1-20(2,14-29-19-9-8-18(23-21)24-25-19)22-12-16(26)13-28-17-7-5-4-6-15(17)10-11-27-3/h4-9,16,22,26H,10-14,21H2,1-3H3,(H,23,24). The average molecular weight is 422 g/mol. The van der Waals surface area contributed by atoms with Crippen LogP contribution in [0.4, 0.5) is 5.82 Å². The molecule has 0 radical (unpaired) electrons. The first-order chi connectivity index (χ1) is 13.9. The molecule has 8 nitrogen and oxygen atoms in total. The zero-order chi connectivity index (χ0) is 21.1. The van der Waals surface area contributed by atoms with Gasteiger partial charge in [0.05, 0.1) is 6.61 Å². The van der Waals surface area contributed by atoms with E-state index in [0.717, 1.165) is 28.5 Å². The Morgan fingerprint density at radius 2 is 2.00 bits per heavy atom. The Hall–Kier alpha value is -1.91. The molecule has 0 aliphatic heterocycles. The van der Waals surface area contributed by atoms with Crippen LogP contribution in [-0.2, 0) is 11.2 Å². The maximum Gasteiger partial charge on any atom is 0.162 e. The highest BCUT2D eigenvalue weighted by Crippen LogP contribution is 2.21. The second-order valence-electron chi connectivity index (χ2n) is 7.27. The van der Waals surface area contributed by atoms with Crippen molar-refractivity contribution in [1.29, 1.82) is 0 Å². The average Bonchev–Trinajstić information content (AvgIpc) is 2.74. The van der Waals surface area contributed by atoms with Crippen LogP contribution < -0.4 is 21.3 Å². The summed E-state index contributed by atoms with van der Waals surface area (Å²) in [5, 5.41) is 22.6. The number of hydrogen-bond donors (Lipinski definition) is 4. The molecule has 9 heteroatoms. The van der Waals surface area contributed by atoms with Crippen molar-refractivity contribution in [2.75, 3.05) is 38.0 Å². The second kappa shape index (κ2) is 11.9. The highest BCUT2D eigenvalue weighted by Gasteiger charge is 2.20. The molecule has 1 atom stereocenters. The van der Waals surface area contributed by atoms with Crippen molar-refractivity contribution < 1.29 is 14.6 Å². The zero-order valence-electron chi connectivity index (χ0n) is 17.2. The number of rotatable bonds is 13. The number of nitrogens with one attached hydrogen (secondary N) is 2. The van der Waals surface area contributed by atoms with Gasteiger partial charge in [0.25, 0.3) is 0 Å². The van der Waals surface area contributed by atoms with E-state index in [0.29, 0.717) is 19.0 Å². The van der Waals surface area contributed by atoms with E-state index >= 15 is 0 Å². The minimum absolute atomic E-state index is 0.200. The van der Waals surface area contributed by atoms with Gasteiger partial charge < -0.3 is 25.3 Å². The molecule has 0 aliphatic rings. The number of aliphatic hydroxyl groups is 1. The van der Waals surface area contributed by atoms with Crippen LogP contribution in [0.25, 0.3) is 0 Å². The minimum atomic E-state index is -0.621. The number of para-hydroxylation sites is 1. The van der Waals surface area contributed by atoms with Crippen molar-refractivity contribution in [2.45, 2.75) is 36.9 Å². The minimum Gasteiger partial charge on any atom is -0.491 e. The Morgan fingerprint density at radius 1 is 1.21 bits per heavy atom. The quantitative estimate of drug-likeness (QED) is 0.218. The summed E-state index contributed by atoms with van der Waals surface area (Å²) in [6.07, 6.45) is 0.153. The number of aromatic nitrogens is 2. The van der Waals surface area contributed by atoms with E-state index in [-0.39, 0.29) is 12.1 Å². The van der Waals surface area contributed by atoms with Gasteiger partial charge in [-0.2, -0.15) is 0 Å². The summed E-state index contributed by atoms with van der Waals surface area (Å²) in [7, 11) is 1.68. The molecule has 2 rings (SSSR count). The Labute approximate surface area is 176 Å². The predicted molar refractivity (Wildman–Crippen MR) is 116 cm³/mol. The Bertz CT molecular complexity index is 730. The van der Waals surface area contributed by atoms with Crippen LogP contribution in [0, 0.1) is 0 Å². The molecular formula is C20H31N5O3S. The molecule has 0 spiro atoms. The van der Waals surface area contributed by atoms with Crippen LogP contribution in [0.5, 0.6) is 5.75 Å². The van der Waals surface area contributed by atoms with Gasteiger partial charge in [-0.3, -0.25) is 0 Å². The van der Waals surface area contributed by atoms with Gasteiger partial charge >= 0.3 is 0 Å². The van der Waals surface area contributed by atoms with Crippen LogP contribution in [0.1, 0.15) is 19.4 Å². The maximum absolute atomic E-state index is 10.3. The van der Waals surface area contributed by atoms with E-state index in [1.807, 2.05) is 30.3 Å². The van der Waals surface area contributed by atoms with E-state index in [9.17, 15) is 5.11 Å². The summed E-state index contributed by atoms with van der Waals surface area (Å²) in [4.78, 5) is 0. The van der Waals surface area contributed by atoms with Crippen molar-refractivity contribution in [3.05, 3.63) is 42.0 Å². The molecule has 2 aromatic rings. The number of nitrogens with zero attached hydrogens (tertiary/aromatic N) is 2. The van der Waals surface area contributed by atoms with Crippen molar-refractivity contribution in [2.24, 2.45) is 5.84 Å². The largest absolute Gasteiger partial charge is 0.491 e. The number of benzene rings is 1. The molecule has 5 N–H and O–H groups in total. The molecule has 160 valence electrons. The number of ether oxygens (including phenoxy) is 2. The van der Waals surface area contributed by atoms with Gasteiger partial charge in [0.1, 0.15) is 23.5 Å². The van der Waals surface area contributed by atoms with E-state index in [1.54, 1.807) is 24.9 Å². The van der Waals surface area contributed by atoms with Crippen LogP contribution >= 0.6 is 11.8 Å². The summed E-state index contributed by atoms with van der Waals surface area (Å²) in [6, 6.07) is 11.5. The number of methoxy groups -OCH3 is 1. The normalized spacial score (nSPS) is 12.6. The van der Waals surface area contributed by atoms with Gasteiger partial charge in [0, 0.05) is 24.9 Å². The highest BCUT2D eigenvalue weighted by atomic mass is 32.2. The Balaban J connectivity index is 1.75. The number of nitrogens with two attached hydrogens (primary N) is 1. The number of aliphatic hydroxyl groups excluding tert-OH is 1. The van der Waals surface area contributed by atoms with E-state index in [1.165, 1.54) is 0 Å². The number of β-amino-alcohol motifs (C(OH)–C–C–N with tert-alkyl or cyclic N) is 1. The molecule has 29 heavy (non-hydrogen) atoms. The third kappa shape index (κ3) is 8.55. The summed E-state index contributed by atoms with van der Waals surface area (Å²) in [5.41, 5.74) is 3.33. The fraction of sp³-hybridized carbons (Fsp3) is 0.500. The van der Waals surface area contributed by atoms with E-state index < -0.39 is 6.10 Å². The third-order valence-corrected chi connectivity index (χ3v) is 5.54. The zero-order valence-corrected chi connectivity index (χ0v) is 18.0. The van der Waals surface area contributed by atoms with Crippen LogP contribution in [-0.4, -0.2) is 59.6 Å². The van der Waals surface area contributed by atoms with Gasteiger partial charge in [-0.1, -0.05) is 18.2 Å². The molecule has 0 fully saturated rings. The number of nitrogen functional groups attached to an aromatic ring is 1. The summed E-state index contributed by atoms with van der Waals surface area (Å²) in [5.74, 6) is 7.37. The lowest BCUT2D eigenvalue weighted by molar-refractivity contribution is 0.0995. The first kappa shape index (κ1) is 23.4. The smallest absolute Gasteiger partial charge is 0.162 e. The molecule has 1 unspecified atom stereocenters. The summed E-state index contributed by atoms with van der Waals surface area (Å²) < 4.78 is 11.0. The number of hydrazine groups is 1. The number of anilines is 1. The van der Waals surface area contributed by atoms with Crippen LogP contribution in [0.3, 0.4) is 0 Å². The topological polar surface area (TPSA) is 115 Å². The van der Waals surface area contributed by atoms with Gasteiger partial charge in [-0.25, -0.2) is 5.84 Å². The summed E-state index contributed by atoms with van der Waals surface area (Å²) in [6.45, 7) is 5.44. The van der Waals surface area contributed by atoms with Crippen molar-refractivity contribution in [3.8, 4) is 5.75 Å². The predicted octanol–water partition coefficient (Wildman–Crippen LogP) is 1.85. The fourth-order valence-corrected chi connectivity index (χ4v) is 3.36. The lowest BCUT2D eigenvalue weighted by atomic mass is 10.1.